The molecule has 1 saturated heterocycles. The highest BCUT2D eigenvalue weighted by Gasteiger charge is 2.64. The zero-order valence-electron chi connectivity index (χ0n) is 18.5. The third kappa shape index (κ3) is 5.69. The van der Waals surface area contributed by atoms with Crippen molar-refractivity contribution in [1.29, 1.82) is 0 Å². The molecule has 2 aliphatic rings. The van der Waals surface area contributed by atoms with Crippen LogP contribution in [0.3, 0.4) is 0 Å². The molecule has 0 bridgehead atoms. The summed E-state index contributed by atoms with van der Waals surface area (Å²) in [7, 11) is 0.976. The van der Waals surface area contributed by atoms with Crippen LogP contribution in [0.25, 0.3) is 0 Å². The predicted octanol–water partition coefficient (Wildman–Crippen LogP) is 0.811. The van der Waals surface area contributed by atoms with Crippen LogP contribution in [0.5, 0.6) is 0 Å². The molecule has 1 heterocycles. The lowest BCUT2D eigenvalue weighted by Gasteiger charge is -2.48. The fourth-order valence-electron chi connectivity index (χ4n) is 3.57. The Morgan fingerprint density at radius 3 is 2.18 bits per heavy atom. The SMILES string of the molecule is COC(=O)[C@H]1O[C@](O)(C2=CCC(=CBr)C=C2[N+](=O)[O-])[C@H](OC(C)=O)[C@@H](OC(C)=O)[C@@H]1OC(C)=O. The maximum absolute atomic E-state index is 12.5. The molecule has 0 unspecified atom stereocenters. The van der Waals surface area contributed by atoms with Gasteiger partial charge >= 0.3 is 23.9 Å². The van der Waals surface area contributed by atoms with Crippen molar-refractivity contribution in [1.82, 2.24) is 0 Å². The number of aliphatic hydroxyl groups is 1. The van der Waals surface area contributed by atoms with Crippen molar-refractivity contribution in [2.45, 2.75) is 57.4 Å². The number of carbonyl (C=O) groups is 4. The smallest absolute Gasteiger partial charge is 0.339 e. The first-order chi connectivity index (χ1) is 15.8. The van der Waals surface area contributed by atoms with E-state index >= 15 is 0 Å². The maximum atomic E-state index is 12.5. The molecular formula is C20H22BrNO12. The second-order valence-corrected chi connectivity index (χ2v) is 7.69. The number of carbonyl (C=O) groups excluding carboxylic acids is 4. The van der Waals surface area contributed by atoms with Gasteiger partial charge in [0.15, 0.2) is 18.3 Å². The molecule has 13 nitrogen and oxygen atoms in total. The Bertz CT molecular complexity index is 986. The largest absolute Gasteiger partial charge is 0.467 e. The molecule has 0 radical (unpaired) electrons. The molecule has 0 spiro atoms. The Morgan fingerprint density at radius 1 is 1.15 bits per heavy atom. The van der Waals surface area contributed by atoms with Gasteiger partial charge in [-0.1, -0.05) is 22.0 Å². The van der Waals surface area contributed by atoms with E-state index in [1.807, 2.05) is 0 Å². The second kappa shape index (κ2) is 10.9. The Labute approximate surface area is 201 Å². The minimum Gasteiger partial charge on any atom is -0.467 e. The molecule has 1 fully saturated rings. The van der Waals surface area contributed by atoms with Gasteiger partial charge in [-0.2, -0.15) is 0 Å². The van der Waals surface area contributed by atoms with E-state index in [4.69, 9.17) is 18.9 Å². The maximum Gasteiger partial charge on any atom is 0.339 e. The van der Waals surface area contributed by atoms with Crippen LogP contribution in [-0.2, 0) is 42.9 Å². The van der Waals surface area contributed by atoms with Crippen molar-refractivity contribution in [3.63, 3.8) is 0 Å². The van der Waals surface area contributed by atoms with E-state index < -0.39 is 70.3 Å². The molecule has 5 atom stereocenters. The van der Waals surface area contributed by atoms with Crippen molar-refractivity contribution in [3.8, 4) is 0 Å². The number of allylic oxidation sites excluding steroid dienone is 3. The minimum absolute atomic E-state index is 0.0743. The highest BCUT2D eigenvalue weighted by atomic mass is 79.9. The number of rotatable bonds is 6. The average molecular weight is 548 g/mol. The first kappa shape index (κ1) is 27.1. The van der Waals surface area contributed by atoms with Crippen LogP contribution in [0, 0.1) is 10.1 Å². The minimum atomic E-state index is -2.89. The van der Waals surface area contributed by atoms with Gasteiger partial charge in [-0.25, -0.2) is 4.79 Å². The lowest BCUT2D eigenvalue weighted by atomic mass is 9.83. The Hall–Kier alpha value is -3.10. The third-order valence-corrected chi connectivity index (χ3v) is 5.39. The van der Waals surface area contributed by atoms with Gasteiger partial charge in [-0.15, -0.1) is 0 Å². The van der Waals surface area contributed by atoms with Crippen LogP contribution in [-0.4, -0.2) is 71.2 Å². The summed E-state index contributed by atoms with van der Waals surface area (Å²) in [5, 5.41) is 23.5. The second-order valence-electron chi connectivity index (χ2n) is 7.23. The number of hydrogen-bond donors (Lipinski definition) is 1. The molecule has 34 heavy (non-hydrogen) atoms. The molecule has 14 heteroatoms. The van der Waals surface area contributed by atoms with Crippen LogP contribution in [0.1, 0.15) is 27.2 Å². The molecule has 0 amide bonds. The van der Waals surface area contributed by atoms with Crippen molar-refractivity contribution in [2.24, 2.45) is 0 Å². The van der Waals surface area contributed by atoms with Crippen molar-refractivity contribution >= 4 is 39.8 Å². The van der Waals surface area contributed by atoms with Crippen LogP contribution in [0.4, 0.5) is 0 Å². The average Bonchev–Trinajstić information content (AvgIpc) is 2.76. The van der Waals surface area contributed by atoms with E-state index in [0.717, 1.165) is 34.0 Å². The number of halogens is 1. The molecule has 0 aromatic heterocycles. The molecule has 186 valence electrons. The molecule has 1 aliphatic heterocycles. The molecule has 0 aromatic carbocycles. The summed E-state index contributed by atoms with van der Waals surface area (Å²) in [6.45, 7) is 2.93. The number of nitrogens with zero attached hydrogens (tertiary/aromatic N) is 1. The number of nitro groups is 1. The molecule has 2 rings (SSSR count). The highest BCUT2D eigenvalue weighted by Crippen LogP contribution is 2.43. The number of hydrogen-bond acceptors (Lipinski definition) is 12. The number of methoxy groups -OCH3 is 1. The van der Waals surface area contributed by atoms with Gasteiger partial charge in [0.2, 0.25) is 11.9 Å². The highest BCUT2D eigenvalue weighted by molar-refractivity contribution is 9.11. The fourth-order valence-corrected chi connectivity index (χ4v) is 3.89. The van der Waals surface area contributed by atoms with Gasteiger partial charge in [0.05, 0.1) is 17.6 Å². The Kier molecular flexibility index (Phi) is 8.69. The summed E-state index contributed by atoms with van der Waals surface area (Å²) in [5.74, 6) is -6.93. The first-order valence-corrected chi connectivity index (χ1v) is 10.6. The van der Waals surface area contributed by atoms with Crippen LogP contribution in [0.15, 0.2) is 34.0 Å². The zero-order chi connectivity index (χ0) is 25.8. The van der Waals surface area contributed by atoms with Crippen LogP contribution >= 0.6 is 15.9 Å². The predicted molar refractivity (Wildman–Crippen MR) is 113 cm³/mol. The lowest BCUT2D eigenvalue weighted by Crippen LogP contribution is -2.69. The van der Waals surface area contributed by atoms with Crippen molar-refractivity contribution in [3.05, 3.63) is 44.1 Å². The van der Waals surface area contributed by atoms with Crippen molar-refractivity contribution in [2.75, 3.05) is 7.11 Å². The zero-order valence-corrected chi connectivity index (χ0v) is 20.1. The summed E-state index contributed by atoms with van der Waals surface area (Å²) in [6.07, 6.45) is -5.01. The number of ether oxygens (including phenoxy) is 5. The quantitative estimate of drug-likeness (QED) is 0.214. The summed E-state index contributed by atoms with van der Waals surface area (Å²) in [4.78, 5) is 60.5. The molecular weight excluding hydrogens is 526 g/mol. The number of esters is 4. The van der Waals surface area contributed by atoms with Crippen LogP contribution < -0.4 is 0 Å². The Balaban J connectivity index is 2.78. The molecule has 1 aliphatic carbocycles. The van der Waals surface area contributed by atoms with E-state index in [2.05, 4.69) is 20.7 Å². The summed E-state index contributed by atoms with van der Waals surface area (Å²) in [6, 6.07) is 0. The van der Waals surface area contributed by atoms with Gasteiger partial charge in [0.1, 0.15) is 0 Å². The summed E-state index contributed by atoms with van der Waals surface area (Å²) in [5.41, 5.74) is -0.667. The standard InChI is InChI=1S/C20H22BrNO12/c1-9(23)31-15-16(32-10(2)24)18(33-11(3)25)20(27,34-17(15)19(26)30-4)13-6-5-12(8-21)7-14(13)22(28)29/h6-8,15-18,27H,5H2,1-4H3/t15-,16-,17-,18+,20+/m0/s1. The van der Waals surface area contributed by atoms with E-state index in [1.165, 1.54) is 11.1 Å². The van der Waals surface area contributed by atoms with Crippen molar-refractivity contribution < 1.29 is 52.9 Å². The normalized spacial score (nSPS) is 29.9. The summed E-state index contributed by atoms with van der Waals surface area (Å²) < 4.78 is 25.7. The van der Waals surface area contributed by atoms with Gasteiger partial charge in [-0.05, 0) is 17.0 Å². The van der Waals surface area contributed by atoms with E-state index in [1.54, 1.807) is 0 Å². The Morgan fingerprint density at radius 2 is 1.71 bits per heavy atom. The topological polar surface area (TPSA) is 178 Å². The summed E-state index contributed by atoms with van der Waals surface area (Å²) >= 11 is 3.08. The van der Waals surface area contributed by atoms with E-state index in [0.29, 0.717) is 5.57 Å². The molecule has 0 saturated carbocycles. The van der Waals surface area contributed by atoms with Gasteiger partial charge in [0, 0.05) is 26.8 Å². The fraction of sp³-hybridized carbons (Fsp3) is 0.500. The van der Waals surface area contributed by atoms with E-state index in [-0.39, 0.29) is 6.42 Å². The van der Waals surface area contributed by atoms with Gasteiger partial charge in [-0.3, -0.25) is 24.5 Å². The molecule has 1 N–H and O–H groups in total. The monoisotopic (exact) mass is 547 g/mol. The lowest BCUT2D eigenvalue weighted by molar-refractivity contribution is -0.428. The van der Waals surface area contributed by atoms with Gasteiger partial charge in [0.25, 0.3) is 5.70 Å². The third-order valence-electron chi connectivity index (χ3n) is 4.81. The van der Waals surface area contributed by atoms with Gasteiger partial charge < -0.3 is 28.8 Å². The van der Waals surface area contributed by atoms with Crippen LogP contribution in [0.2, 0.25) is 0 Å². The first-order valence-electron chi connectivity index (χ1n) is 9.71. The molecule has 0 aromatic rings. The van der Waals surface area contributed by atoms with E-state index in [9.17, 15) is 34.4 Å².